The molecule has 0 aromatic heterocycles. The van der Waals surface area contributed by atoms with Gasteiger partial charge in [0, 0.05) is 44.7 Å². The van der Waals surface area contributed by atoms with E-state index in [1.807, 2.05) is 18.9 Å². The highest BCUT2D eigenvalue weighted by Crippen LogP contribution is 2.36. The van der Waals surface area contributed by atoms with Crippen molar-refractivity contribution < 1.29 is 23.9 Å². The summed E-state index contributed by atoms with van der Waals surface area (Å²) < 4.78 is 11.8. The molecule has 1 aliphatic heterocycles. The Morgan fingerprint density at radius 1 is 1.08 bits per heavy atom. The molecule has 0 bridgehead atoms. The standard InChI is InChI=1S/C30H53N3O5/c1-20-15-30(5,37-8)16-21(2)27(35)29(3,4)28(36)38-19-25(32(6)18-20)22-9-13-24(14-10-22)33(7)26(34)17-31-23-11-12-23/h20-25,31H,9-19H2,1-8H3/t20-,21-,22?,24?,25-,30-/m1/s1. The minimum atomic E-state index is -1.20. The molecule has 8 heteroatoms. The summed E-state index contributed by atoms with van der Waals surface area (Å²) in [4.78, 5) is 43.5. The maximum atomic E-state index is 13.4. The number of hydrogen-bond donors (Lipinski definition) is 1. The highest BCUT2D eigenvalue weighted by molar-refractivity contribution is 6.03. The highest BCUT2D eigenvalue weighted by atomic mass is 16.5. The molecule has 8 nitrogen and oxygen atoms in total. The van der Waals surface area contributed by atoms with Crippen LogP contribution in [0.25, 0.3) is 0 Å². The number of likely N-dealkylation sites (N-methyl/N-ethyl adjacent to an activating group) is 2. The van der Waals surface area contributed by atoms with Crippen LogP contribution in [0.15, 0.2) is 0 Å². The molecule has 38 heavy (non-hydrogen) atoms. The van der Waals surface area contributed by atoms with E-state index in [0.29, 0.717) is 30.8 Å². The topological polar surface area (TPSA) is 88.2 Å². The fraction of sp³-hybridized carbons (Fsp3) is 0.900. The molecule has 2 saturated carbocycles. The van der Waals surface area contributed by atoms with Crippen LogP contribution in [-0.4, -0.2) is 92.1 Å². The van der Waals surface area contributed by atoms with Crippen molar-refractivity contribution in [2.24, 2.45) is 23.2 Å². The summed E-state index contributed by atoms with van der Waals surface area (Å²) in [6.07, 6.45) is 7.62. The van der Waals surface area contributed by atoms with E-state index in [1.54, 1.807) is 21.0 Å². The number of methoxy groups -OCH3 is 1. The van der Waals surface area contributed by atoms with E-state index in [4.69, 9.17) is 9.47 Å². The number of rotatable bonds is 6. The lowest BCUT2D eigenvalue weighted by atomic mass is 9.76. The maximum Gasteiger partial charge on any atom is 0.319 e. The Balaban J connectivity index is 1.70. The molecule has 1 N–H and O–H groups in total. The normalized spacial score (nSPS) is 35.9. The van der Waals surface area contributed by atoms with Gasteiger partial charge >= 0.3 is 5.97 Å². The second-order valence-electron chi connectivity index (χ2n) is 13.4. The maximum absolute atomic E-state index is 13.4. The lowest BCUT2D eigenvalue weighted by Crippen LogP contribution is -2.49. The first-order valence-corrected chi connectivity index (χ1v) is 14.7. The number of amides is 1. The molecule has 218 valence electrons. The second-order valence-corrected chi connectivity index (χ2v) is 13.4. The Hall–Kier alpha value is -1.51. The SMILES string of the molecule is CO[C@]1(C)C[C@@H](C)CN(C)[C@@H](C2CCC(N(C)C(=O)CNC3CC3)CC2)COC(=O)C(C)(C)C(=O)[C@H](C)C1. The molecule has 4 atom stereocenters. The lowest BCUT2D eigenvalue weighted by molar-refractivity contribution is -0.162. The van der Waals surface area contributed by atoms with Gasteiger partial charge in [0.25, 0.3) is 0 Å². The quantitative estimate of drug-likeness (QED) is 0.410. The van der Waals surface area contributed by atoms with Crippen molar-refractivity contribution in [2.75, 3.05) is 40.9 Å². The van der Waals surface area contributed by atoms with E-state index in [-0.39, 0.29) is 36.3 Å². The highest BCUT2D eigenvalue weighted by Gasteiger charge is 2.44. The number of carbonyl (C=O) groups excluding carboxylic acids is 3. The van der Waals surface area contributed by atoms with E-state index >= 15 is 0 Å². The van der Waals surface area contributed by atoms with Crippen LogP contribution in [0.4, 0.5) is 0 Å². The van der Waals surface area contributed by atoms with Crippen molar-refractivity contribution >= 4 is 17.7 Å². The Bertz CT molecular complexity index is 836. The van der Waals surface area contributed by atoms with Crippen molar-refractivity contribution in [1.82, 2.24) is 15.1 Å². The van der Waals surface area contributed by atoms with Gasteiger partial charge in [-0.3, -0.25) is 19.3 Å². The molecule has 0 aromatic rings. The van der Waals surface area contributed by atoms with Crippen LogP contribution in [0.3, 0.4) is 0 Å². The first-order chi connectivity index (χ1) is 17.8. The van der Waals surface area contributed by atoms with E-state index < -0.39 is 17.0 Å². The van der Waals surface area contributed by atoms with E-state index in [9.17, 15) is 14.4 Å². The Morgan fingerprint density at radius 3 is 2.29 bits per heavy atom. The molecular weight excluding hydrogens is 482 g/mol. The first-order valence-electron chi connectivity index (χ1n) is 14.7. The number of carbonyl (C=O) groups is 3. The van der Waals surface area contributed by atoms with Crippen LogP contribution in [0.5, 0.6) is 0 Å². The molecule has 0 radical (unpaired) electrons. The van der Waals surface area contributed by atoms with Crippen LogP contribution < -0.4 is 5.32 Å². The number of Topliss-reactive ketones (excluding diaryl/α,β-unsaturated/α-hetero) is 1. The van der Waals surface area contributed by atoms with Crippen LogP contribution >= 0.6 is 0 Å². The Labute approximate surface area is 230 Å². The number of nitrogens with zero attached hydrogens (tertiary/aromatic N) is 2. The Kier molecular flexibility index (Phi) is 10.4. The molecule has 3 aliphatic rings. The molecule has 1 heterocycles. The average molecular weight is 536 g/mol. The molecule has 3 rings (SSSR count). The zero-order valence-electron chi connectivity index (χ0n) is 25.2. The minimum Gasteiger partial charge on any atom is -0.463 e. The number of cyclic esters (lactones) is 1. The number of ketones is 1. The van der Waals surface area contributed by atoms with E-state index in [2.05, 4.69) is 31.1 Å². The zero-order valence-corrected chi connectivity index (χ0v) is 25.2. The molecule has 3 fully saturated rings. The Morgan fingerprint density at radius 2 is 1.71 bits per heavy atom. The lowest BCUT2D eigenvalue weighted by Gasteiger charge is -2.41. The average Bonchev–Trinajstić information content (AvgIpc) is 3.70. The third-order valence-electron chi connectivity index (χ3n) is 9.48. The predicted octanol–water partition coefficient (Wildman–Crippen LogP) is 3.67. The fourth-order valence-electron chi connectivity index (χ4n) is 6.82. The first kappa shape index (κ1) is 31.0. The van der Waals surface area contributed by atoms with Crippen molar-refractivity contribution in [3.63, 3.8) is 0 Å². The van der Waals surface area contributed by atoms with Gasteiger partial charge in [-0.2, -0.15) is 0 Å². The van der Waals surface area contributed by atoms with Gasteiger partial charge in [0.2, 0.25) is 5.91 Å². The van der Waals surface area contributed by atoms with Crippen LogP contribution in [0, 0.1) is 23.2 Å². The summed E-state index contributed by atoms with van der Waals surface area (Å²) in [5.41, 5.74) is -1.64. The van der Waals surface area contributed by atoms with E-state index in [1.165, 1.54) is 12.8 Å². The third kappa shape index (κ3) is 7.79. The molecule has 0 aromatic carbocycles. The van der Waals surface area contributed by atoms with Gasteiger partial charge in [-0.1, -0.05) is 13.8 Å². The molecule has 0 spiro atoms. The summed E-state index contributed by atoms with van der Waals surface area (Å²) in [7, 11) is 5.78. The van der Waals surface area contributed by atoms with Gasteiger partial charge < -0.3 is 19.7 Å². The number of hydrogen-bond acceptors (Lipinski definition) is 7. The molecular formula is C30H53N3O5. The van der Waals surface area contributed by atoms with Crippen molar-refractivity contribution in [2.45, 2.75) is 110 Å². The van der Waals surface area contributed by atoms with Crippen LogP contribution in [0.2, 0.25) is 0 Å². The number of nitrogens with one attached hydrogen (secondary N) is 1. The summed E-state index contributed by atoms with van der Waals surface area (Å²) in [5.74, 6) is 0.0376. The van der Waals surface area contributed by atoms with Crippen LogP contribution in [0.1, 0.15) is 86.0 Å². The minimum absolute atomic E-state index is 0.0674. The molecule has 2 aliphatic carbocycles. The smallest absolute Gasteiger partial charge is 0.319 e. The van der Waals surface area contributed by atoms with Gasteiger partial charge in [0.05, 0.1) is 12.1 Å². The zero-order chi connectivity index (χ0) is 28.3. The third-order valence-corrected chi connectivity index (χ3v) is 9.48. The van der Waals surface area contributed by atoms with Gasteiger partial charge in [0.15, 0.2) is 5.78 Å². The van der Waals surface area contributed by atoms with Gasteiger partial charge in [-0.25, -0.2) is 0 Å². The summed E-state index contributed by atoms with van der Waals surface area (Å²) in [6, 6.07) is 0.846. The summed E-state index contributed by atoms with van der Waals surface area (Å²) in [5, 5.41) is 3.33. The van der Waals surface area contributed by atoms with Gasteiger partial charge in [-0.15, -0.1) is 0 Å². The van der Waals surface area contributed by atoms with Crippen molar-refractivity contribution in [3.8, 4) is 0 Å². The summed E-state index contributed by atoms with van der Waals surface area (Å²) >= 11 is 0. The fourth-order valence-corrected chi connectivity index (χ4v) is 6.82. The molecule has 0 unspecified atom stereocenters. The van der Waals surface area contributed by atoms with Crippen molar-refractivity contribution in [1.29, 1.82) is 0 Å². The number of ether oxygens (including phenoxy) is 2. The predicted molar refractivity (Wildman–Crippen MR) is 149 cm³/mol. The molecule has 1 amide bonds. The monoisotopic (exact) mass is 535 g/mol. The number of esters is 1. The summed E-state index contributed by atoms with van der Waals surface area (Å²) in [6.45, 7) is 11.2. The van der Waals surface area contributed by atoms with E-state index in [0.717, 1.165) is 38.6 Å². The molecule has 1 saturated heterocycles. The van der Waals surface area contributed by atoms with Gasteiger partial charge in [0.1, 0.15) is 12.0 Å². The van der Waals surface area contributed by atoms with Crippen molar-refractivity contribution in [3.05, 3.63) is 0 Å². The second kappa shape index (κ2) is 12.8. The largest absolute Gasteiger partial charge is 0.463 e. The van der Waals surface area contributed by atoms with Crippen LogP contribution in [-0.2, 0) is 23.9 Å². The van der Waals surface area contributed by atoms with Gasteiger partial charge in [-0.05, 0) is 91.0 Å².